The monoisotopic (exact) mass is 265 g/mol. The van der Waals surface area contributed by atoms with E-state index in [1.807, 2.05) is 11.9 Å². The Bertz CT molecular complexity index is 430. The van der Waals surface area contributed by atoms with E-state index in [1.165, 1.54) is 12.8 Å². The van der Waals surface area contributed by atoms with Gasteiger partial charge in [0.1, 0.15) is 0 Å². The summed E-state index contributed by atoms with van der Waals surface area (Å²) in [4.78, 5) is 14.2. The molecule has 1 amide bonds. The van der Waals surface area contributed by atoms with Crippen LogP contribution in [0.4, 0.5) is 0 Å². The third-order valence-electron chi connectivity index (χ3n) is 3.89. The minimum atomic E-state index is -0.0395. The lowest BCUT2D eigenvalue weighted by molar-refractivity contribution is 0.0666. The van der Waals surface area contributed by atoms with Gasteiger partial charge in [-0.2, -0.15) is 0 Å². The van der Waals surface area contributed by atoms with E-state index in [1.54, 1.807) is 10.9 Å². The van der Waals surface area contributed by atoms with Crippen LogP contribution in [0.3, 0.4) is 0 Å². The highest BCUT2D eigenvalue weighted by Crippen LogP contribution is 2.27. The van der Waals surface area contributed by atoms with Crippen LogP contribution in [0.25, 0.3) is 0 Å². The average molecular weight is 265 g/mol. The predicted molar refractivity (Wildman–Crippen MR) is 72.6 cm³/mol. The van der Waals surface area contributed by atoms with Crippen LogP contribution in [0.1, 0.15) is 43.1 Å². The van der Waals surface area contributed by atoms with Gasteiger partial charge in [-0.1, -0.05) is 25.0 Å². The molecule has 2 N–H and O–H groups in total. The molecule has 6 heteroatoms. The van der Waals surface area contributed by atoms with Gasteiger partial charge in [0.2, 0.25) is 0 Å². The molecule has 1 fully saturated rings. The lowest BCUT2D eigenvalue weighted by atomic mass is 9.86. The van der Waals surface area contributed by atoms with Gasteiger partial charge in [0.25, 0.3) is 5.91 Å². The van der Waals surface area contributed by atoms with E-state index in [9.17, 15) is 4.79 Å². The second-order valence-electron chi connectivity index (χ2n) is 5.50. The molecular formula is C13H23N5O. The van der Waals surface area contributed by atoms with Gasteiger partial charge in [-0.15, -0.1) is 5.10 Å². The standard InChI is InChI=1S/C13H23N5O/c1-10-4-3-5-11(8-10)17(2)13(19)12-9-18(7-6-14)16-15-12/h9-11H,3-8,14H2,1-2H3. The van der Waals surface area contributed by atoms with Crippen molar-refractivity contribution in [3.05, 3.63) is 11.9 Å². The molecule has 1 aliphatic carbocycles. The van der Waals surface area contributed by atoms with Gasteiger partial charge >= 0.3 is 0 Å². The number of rotatable bonds is 4. The van der Waals surface area contributed by atoms with E-state index in [4.69, 9.17) is 5.73 Å². The van der Waals surface area contributed by atoms with Crippen molar-refractivity contribution in [1.29, 1.82) is 0 Å². The zero-order valence-electron chi connectivity index (χ0n) is 11.7. The highest BCUT2D eigenvalue weighted by Gasteiger charge is 2.27. The van der Waals surface area contributed by atoms with E-state index in [0.29, 0.717) is 30.7 Å². The van der Waals surface area contributed by atoms with Gasteiger partial charge < -0.3 is 10.6 Å². The van der Waals surface area contributed by atoms with Crippen molar-refractivity contribution >= 4 is 5.91 Å². The van der Waals surface area contributed by atoms with E-state index in [2.05, 4.69) is 17.2 Å². The molecule has 1 aromatic rings. The number of hydrogen-bond donors (Lipinski definition) is 1. The number of nitrogens with two attached hydrogens (primary N) is 1. The molecule has 2 unspecified atom stereocenters. The van der Waals surface area contributed by atoms with Crippen LogP contribution in [-0.2, 0) is 6.54 Å². The maximum Gasteiger partial charge on any atom is 0.276 e. The summed E-state index contributed by atoms with van der Waals surface area (Å²) in [6.45, 7) is 3.33. The molecule has 1 aliphatic rings. The van der Waals surface area contributed by atoms with E-state index >= 15 is 0 Å². The van der Waals surface area contributed by atoms with E-state index < -0.39 is 0 Å². The number of carbonyl (C=O) groups excluding carboxylic acids is 1. The molecule has 0 saturated heterocycles. The Balaban J connectivity index is 2.01. The Hall–Kier alpha value is -1.43. The van der Waals surface area contributed by atoms with Gasteiger partial charge in [0.05, 0.1) is 12.7 Å². The molecule has 1 heterocycles. The topological polar surface area (TPSA) is 77.0 Å². The molecule has 0 radical (unpaired) electrons. The van der Waals surface area contributed by atoms with Crippen molar-refractivity contribution in [1.82, 2.24) is 19.9 Å². The molecular weight excluding hydrogens is 242 g/mol. The largest absolute Gasteiger partial charge is 0.337 e. The van der Waals surface area contributed by atoms with Crippen LogP contribution in [0.15, 0.2) is 6.20 Å². The lowest BCUT2D eigenvalue weighted by Gasteiger charge is -2.33. The summed E-state index contributed by atoms with van der Waals surface area (Å²) < 4.78 is 1.62. The molecule has 2 atom stereocenters. The van der Waals surface area contributed by atoms with Crippen LogP contribution in [0.5, 0.6) is 0 Å². The first-order valence-corrected chi connectivity index (χ1v) is 6.99. The first-order chi connectivity index (χ1) is 9.11. The zero-order valence-corrected chi connectivity index (χ0v) is 11.7. The minimum absolute atomic E-state index is 0.0395. The van der Waals surface area contributed by atoms with Gasteiger partial charge in [-0.25, -0.2) is 0 Å². The maximum absolute atomic E-state index is 12.3. The first kappa shape index (κ1) is 14.0. The van der Waals surface area contributed by atoms with Gasteiger partial charge in [0, 0.05) is 19.6 Å². The van der Waals surface area contributed by atoms with Gasteiger partial charge in [0.15, 0.2) is 5.69 Å². The van der Waals surface area contributed by atoms with Crippen molar-refractivity contribution in [3.8, 4) is 0 Å². The summed E-state index contributed by atoms with van der Waals surface area (Å²) in [5, 5.41) is 7.84. The Morgan fingerprint density at radius 3 is 3.05 bits per heavy atom. The Labute approximate surface area is 113 Å². The lowest BCUT2D eigenvalue weighted by Crippen LogP contribution is -2.40. The number of carbonyl (C=O) groups is 1. The van der Waals surface area contributed by atoms with Gasteiger partial charge in [-0.3, -0.25) is 9.48 Å². The van der Waals surface area contributed by atoms with Crippen molar-refractivity contribution in [2.45, 2.75) is 45.2 Å². The normalized spacial score (nSPS) is 23.3. The molecule has 2 rings (SSSR count). The summed E-state index contributed by atoms with van der Waals surface area (Å²) in [6.07, 6.45) is 6.31. The predicted octanol–water partition coefficient (Wildman–Crippen LogP) is 0.888. The highest BCUT2D eigenvalue weighted by molar-refractivity contribution is 5.91. The third-order valence-corrected chi connectivity index (χ3v) is 3.89. The molecule has 0 aromatic carbocycles. The molecule has 0 spiro atoms. The fraction of sp³-hybridized carbons (Fsp3) is 0.769. The second kappa shape index (κ2) is 6.14. The average Bonchev–Trinajstić information content (AvgIpc) is 2.86. The Kier molecular flexibility index (Phi) is 4.52. The molecule has 6 nitrogen and oxygen atoms in total. The summed E-state index contributed by atoms with van der Waals surface area (Å²) >= 11 is 0. The number of amides is 1. The zero-order chi connectivity index (χ0) is 13.8. The molecule has 1 saturated carbocycles. The number of nitrogens with zero attached hydrogens (tertiary/aromatic N) is 4. The van der Waals surface area contributed by atoms with Gasteiger partial charge in [-0.05, 0) is 18.8 Å². The Morgan fingerprint density at radius 1 is 1.58 bits per heavy atom. The fourth-order valence-corrected chi connectivity index (χ4v) is 2.74. The quantitative estimate of drug-likeness (QED) is 0.877. The molecule has 1 aromatic heterocycles. The first-order valence-electron chi connectivity index (χ1n) is 6.99. The summed E-state index contributed by atoms with van der Waals surface area (Å²) in [5.41, 5.74) is 5.87. The molecule has 19 heavy (non-hydrogen) atoms. The summed E-state index contributed by atoms with van der Waals surface area (Å²) in [7, 11) is 1.87. The van der Waals surface area contributed by atoms with Crippen LogP contribution in [-0.4, -0.2) is 45.4 Å². The van der Waals surface area contributed by atoms with Crippen molar-refractivity contribution < 1.29 is 4.79 Å². The molecule has 106 valence electrons. The maximum atomic E-state index is 12.3. The van der Waals surface area contributed by atoms with Crippen molar-refractivity contribution in [2.24, 2.45) is 11.7 Å². The highest BCUT2D eigenvalue weighted by atomic mass is 16.2. The molecule has 0 aliphatic heterocycles. The van der Waals surface area contributed by atoms with Crippen LogP contribution in [0, 0.1) is 5.92 Å². The smallest absolute Gasteiger partial charge is 0.276 e. The number of aromatic nitrogens is 3. The van der Waals surface area contributed by atoms with Crippen LogP contribution in [0.2, 0.25) is 0 Å². The van der Waals surface area contributed by atoms with Crippen molar-refractivity contribution in [2.75, 3.05) is 13.6 Å². The molecule has 0 bridgehead atoms. The summed E-state index contributed by atoms with van der Waals surface area (Å²) in [5.74, 6) is 0.657. The Morgan fingerprint density at radius 2 is 2.37 bits per heavy atom. The van der Waals surface area contributed by atoms with E-state index in [-0.39, 0.29) is 5.91 Å². The summed E-state index contributed by atoms with van der Waals surface area (Å²) in [6, 6.07) is 0.330. The second-order valence-corrected chi connectivity index (χ2v) is 5.50. The third kappa shape index (κ3) is 3.32. The number of hydrogen-bond acceptors (Lipinski definition) is 4. The van der Waals surface area contributed by atoms with Crippen LogP contribution >= 0.6 is 0 Å². The van der Waals surface area contributed by atoms with Crippen molar-refractivity contribution in [3.63, 3.8) is 0 Å². The minimum Gasteiger partial charge on any atom is -0.337 e. The fourth-order valence-electron chi connectivity index (χ4n) is 2.74. The van der Waals surface area contributed by atoms with Crippen LogP contribution < -0.4 is 5.73 Å². The van der Waals surface area contributed by atoms with E-state index in [0.717, 1.165) is 12.8 Å². The SMILES string of the molecule is CC1CCCC(N(C)C(=O)c2cn(CCN)nn2)C1.